The molecule has 184 valence electrons. The van der Waals surface area contributed by atoms with Gasteiger partial charge in [0.1, 0.15) is 0 Å². The Morgan fingerprint density at radius 1 is 0.385 bits per heavy atom. The monoisotopic (exact) mass is 519 g/mol. The molecule has 0 aliphatic rings. The standard InChI is InChI=1S/C35H22ClN3/c36-26-20-18-24(19-21-26)34-37-33(23-10-2-1-3-11-23)38-35(39-34)31-17-9-8-16-30(31)32-22-25-12-4-5-13-27(25)28-14-6-7-15-29(28)32/h1-22H. The number of hydrogen-bond acceptors (Lipinski definition) is 3. The van der Waals surface area contributed by atoms with E-state index in [2.05, 4.69) is 72.8 Å². The van der Waals surface area contributed by atoms with Crippen LogP contribution in [-0.2, 0) is 0 Å². The highest BCUT2D eigenvalue weighted by Gasteiger charge is 2.17. The van der Waals surface area contributed by atoms with Gasteiger partial charge in [0.25, 0.3) is 0 Å². The van der Waals surface area contributed by atoms with E-state index in [4.69, 9.17) is 26.6 Å². The molecule has 0 aliphatic carbocycles. The first-order chi connectivity index (χ1) is 19.2. The van der Waals surface area contributed by atoms with Gasteiger partial charge < -0.3 is 0 Å². The molecular formula is C35H22ClN3. The van der Waals surface area contributed by atoms with E-state index in [1.807, 2.05) is 60.7 Å². The van der Waals surface area contributed by atoms with Crippen molar-refractivity contribution in [1.82, 2.24) is 15.0 Å². The molecule has 7 aromatic rings. The van der Waals surface area contributed by atoms with Crippen molar-refractivity contribution in [2.75, 3.05) is 0 Å². The molecule has 1 aromatic heterocycles. The average Bonchev–Trinajstić information content (AvgIpc) is 3.01. The molecule has 0 N–H and O–H groups in total. The van der Waals surface area contributed by atoms with Gasteiger partial charge in [-0.2, -0.15) is 0 Å². The van der Waals surface area contributed by atoms with Gasteiger partial charge >= 0.3 is 0 Å². The Hall–Kier alpha value is -4.86. The van der Waals surface area contributed by atoms with Crippen molar-refractivity contribution in [3.05, 3.63) is 138 Å². The van der Waals surface area contributed by atoms with Crippen molar-refractivity contribution in [3.63, 3.8) is 0 Å². The van der Waals surface area contributed by atoms with Crippen LogP contribution in [0.1, 0.15) is 0 Å². The lowest BCUT2D eigenvalue weighted by atomic mass is 9.91. The number of fused-ring (bicyclic) bond motifs is 3. The molecule has 0 saturated carbocycles. The molecule has 0 radical (unpaired) electrons. The van der Waals surface area contributed by atoms with E-state index in [1.165, 1.54) is 21.5 Å². The molecule has 39 heavy (non-hydrogen) atoms. The lowest BCUT2D eigenvalue weighted by Gasteiger charge is -2.15. The molecule has 0 amide bonds. The molecule has 0 spiro atoms. The van der Waals surface area contributed by atoms with Crippen LogP contribution in [0.25, 0.3) is 66.8 Å². The van der Waals surface area contributed by atoms with E-state index in [-0.39, 0.29) is 0 Å². The van der Waals surface area contributed by atoms with Crippen molar-refractivity contribution in [1.29, 1.82) is 0 Å². The zero-order valence-electron chi connectivity index (χ0n) is 20.9. The summed E-state index contributed by atoms with van der Waals surface area (Å²) >= 11 is 6.18. The van der Waals surface area contributed by atoms with Crippen LogP contribution in [0.5, 0.6) is 0 Å². The van der Waals surface area contributed by atoms with Crippen molar-refractivity contribution < 1.29 is 0 Å². The Morgan fingerprint density at radius 3 is 1.67 bits per heavy atom. The fourth-order valence-corrected chi connectivity index (χ4v) is 5.26. The normalized spacial score (nSPS) is 11.2. The summed E-state index contributed by atoms with van der Waals surface area (Å²) in [7, 11) is 0. The van der Waals surface area contributed by atoms with Crippen molar-refractivity contribution in [3.8, 4) is 45.3 Å². The van der Waals surface area contributed by atoms with Gasteiger partial charge in [-0.15, -0.1) is 0 Å². The highest BCUT2D eigenvalue weighted by Crippen LogP contribution is 2.39. The van der Waals surface area contributed by atoms with Gasteiger partial charge in [-0.1, -0.05) is 115 Å². The van der Waals surface area contributed by atoms with Crippen LogP contribution >= 0.6 is 11.6 Å². The van der Waals surface area contributed by atoms with Crippen LogP contribution in [0.2, 0.25) is 5.02 Å². The molecule has 0 fully saturated rings. The number of benzene rings is 6. The fraction of sp³-hybridized carbons (Fsp3) is 0. The predicted octanol–water partition coefficient (Wildman–Crippen LogP) is 9.50. The van der Waals surface area contributed by atoms with Gasteiger partial charge in [0.15, 0.2) is 17.5 Å². The number of nitrogens with zero attached hydrogens (tertiary/aromatic N) is 3. The third kappa shape index (κ3) is 4.33. The summed E-state index contributed by atoms with van der Waals surface area (Å²) in [6, 6.07) is 45.4. The van der Waals surface area contributed by atoms with Crippen molar-refractivity contribution in [2.45, 2.75) is 0 Å². The Kier molecular flexibility index (Phi) is 5.84. The SMILES string of the molecule is Clc1ccc(-c2nc(-c3ccccc3)nc(-c3ccccc3-c3cc4ccccc4c4ccccc34)n2)cc1. The van der Waals surface area contributed by atoms with Gasteiger partial charge in [-0.05, 0) is 63.0 Å². The average molecular weight is 520 g/mol. The molecule has 7 rings (SSSR count). The molecule has 0 atom stereocenters. The smallest absolute Gasteiger partial charge is 0.164 e. The zero-order chi connectivity index (χ0) is 26.2. The molecule has 0 bridgehead atoms. The van der Waals surface area contributed by atoms with Crippen LogP contribution in [0, 0.1) is 0 Å². The first kappa shape index (κ1) is 23.3. The quantitative estimate of drug-likeness (QED) is 0.217. The van der Waals surface area contributed by atoms with Gasteiger partial charge in [0.05, 0.1) is 0 Å². The predicted molar refractivity (Wildman–Crippen MR) is 162 cm³/mol. The number of aromatic nitrogens is 3. The largest absolute Gasteiger partial charge is 0.208 e. The lowest BCUT2D eigenvalue weighted by Crippen LogP contribution is -2.01. The van der Waals surface area contributed by atoms with Gasteiger partial charge in [-0.25, -0.2) is 15.0 Å². The van der Waals surface area contributed by atoms with E-state index >= 15 is 0 Å². The summed E-state index contributed by atoms with van der Waals surface area (Å²) in [6.07, 6.45) is 0. The summed E-state index contributed by atoms with van der Waals surface area (Å²) in [6.45, 7) is 0. The van der Waals surface area contributed by atoms with Crippen LogP contribution in [0.3, 0.4) is 0 Å². The minimum Gasteiger partial charge on any atom is -0.208 e. The Bertz CT molecular complexity index is 1970. The summed E-state index contributed by atoms with van der Waals surface area (Å²) in [5.74, 6) is 1.86. The topological polar surface area (TPSA) is 38.7 Å². The molecule has 3 nitrogen and oxygen atoms in total. The minimum absolute atomic E-state index is 0.605. The maximum atomic E-state index is 6.18. The highest BCUT2D eigenvalue weighted by molar-refractivity contribution is 6.30. The van der Waals surface area contributed by atoms with E-state index in [9.17, 15) is 0 Å². The Labute approximate surface area is 231 Å². The maximum Gasteiger partial charge on any atom is 0.164 e. The first-order valence-corrected chi connectivity index (χ1v) is 13.2. The van der Waals surface area contributed by atoms with E-state index in [0.29, 0.717) is 22.5 Å². The van der Waals surface area contributed by atoms with Gasteiger partial charge in [-0.3, -0.25) is 0 Å². The summed E-state index contributed by atoms with van der Waals surface area (Å²) in [5.41, 5.74) is 4.99. The Morgan fingerprint density at radius 2 is 0.923 bits per heavy atom. The molecule has 0 unspecified atom stereocenters. The summed E-state index contributed by atoms with van der Waals surface area (Å²) in [4.78, 5) is 14.8. The second-order valence-electron chi connectivity index (χ2n) is 9.42. The maximum absolute atomic E-state index is 6.18. The second-order valence-corrected chi connectivity index (χ2v) is 9.85. The summed E-state index contributed by atoms with van der Waals surface area (Å²) < 4.78 is 0. The third-order valence-electron chi connectivity index (χ3n) is 7.00. The second kappa shape index (κ2) is 9.79. The lowest BCUT2D eigenvalue weighted by molar-refractivity contribution is 1.07. The van der Waals surface area contributed by atoms with Crippen molar-refractivity contribution in [2.24, 2.45) is 0 Å². The molecule has 4 heteroatoms. The highest BCUT2D eigenvalue weighted by atomic mass is 35.5. The fourth-order valence-electron chi connectivity index (χ4n) is 5.13. The number of hydrogen-bond donors (Lipinski definition) is 0. The first-order valence-electron chi connectivity index (χ1n) is 12.8. The van der Waals surface area contributed by atoms with Crippen LogP contribution in [0.15, 0.2) is 133 Å². The summed E-state index contributed by atoms with van der Waals surface area (Å²) in [5, 5.41) is 5.53. The van der Waals surface area contributed by atoms with Gasteiger partial charge in [0, 0.05) is 21.7 Å². The van der Waals surface area contributed by atoms with Crippen LogP contribution in [-0.4, -0.2) is 15.0 Å². The molecular weight excluding hydrogens is 498 g/mol. The molecule has 0 aliphatic heterocycles. The molecule has 1 heterocycles. The number of rotatable bonds is 4. The van der Waals surface area contributed by atoms with E-state index in [0.717, 1.165) is 27.8 Å². The minimum atomic E-state index is 0.605. The molecule has 6 aromatic carbocycles. The Balaban J connectivity index is 1.49. The van der Waals surface area contributed by atoms with E-state index in [1.54, 1.807) is 0 Å². The van der Waals surface area contributed by atoms with E-state index < -0.39 is 0 Å². The van der Waals surface area contributed by atoms with Gasteiger partial charge in [0.2, 0.25) is 0 Å². The van der Waals surface area contributed by atoms with Crippen LogP contribution < -0.4 is 0 Å². The zero-order valence-corrected chi connectivity index (χ0v) is 21.7. The number of halogens is 1. The third-order valence-corrected chi connectivity index (χ3v) is 7.25. The molecule has 0 saturated heterocycles. The van der Waals surface area contributed by atoms with Crippen molar-refractivity contribution >= 4 is 33.1 Å². The van der Waals surface area contributed by atoms with Crippen LogP contribution in [0.4, 0.5) is 0 Å².